The smallest absolute Gasteiger partial charge is 0.251 e. The molecular weight excluding hydrogens is 352 g/mol. The third kappa shape index (κ3) is 3.59. The Morgan fingerprint density at radius 3 is 2.48 bits per heavy atom. The normalized spacial score (nSPS) is 23.3. The number of piperidine rings is 1. The van der Waals surface area contributed by atoms with Gasteiger partial charge in [0.1, 0.15) is 11.4 Å². The van der Waals surface area contributed by atoms with Crippen molar-refractivity contribution >= 4 is 11.4 Å². The second-order valence-electron chi connectivity index (χ2n) is 9.06. The highest BCUT2D eigenvalue weighted by molar-refractivity contribution is 5.74. The average Bonchev–Trinajstić information content (AvgIpc) is 2.85. The second-order valence-corrected chi connectivity index (χ2v) is 9.06. The number of rotatable bonds is 4. The minimum Gasteiger partial charge on any atom is -0.487 e. The zero-order chi connectivity index (χ0) is 19.4. The summed E-state index contributed by atoms with van der Waals surface area (Å²) in [5.41, 5.74) is 2.85. The van der Waals surface area contributed by atoms with Crippen molar-refractivity contribution in [2.75, 3.05) is 49.7 Å². The number of hydrogen-bond donors (Lipinski definition) is 1. The Labute approximate surface area is 159 Å². The molecule has 1 aromatic rings. The Morgan fingerprint density at radius 1 is 1.22 bits per heavy atom. The van der Waals surface area contributed by atoms with Gasteiger partial charge in [-0.05, 0) is 38.2 Å². The van der Waals surface area contributed by atoms with Crippen LogP contribution in [0.1, 0.15) is 32.3 Å². The van der Waals surface area contributed by atoms with Gasteiger partial charge in [0.15, 0.2) is 0 Å². The van der Waals surface area contributed by atoms with Crippen molar-refractivity contribution in [2.45, 2.75) is 45.1 Å². The molecule has 2 saturated heterocycles. The lowest BCUT2D eigenvalue weighted by molar-refractivity contribution is -0.0487. The largest absolute Gasteiger partial charge is 0.487 e. The highest BCUT2D eigenvalue weighted by atomic mass is 19.3. The molecule has 1 N–H and O–H groups in total. The number of anilines is 2. The molecule has 27 heavy (non-hydrogen) atoms. The number of halogens is 2. The fourth-order valence-corrected chi connectivity index (χ4v) is 4.90. The van der Waals surface area contributed by atoms with Crippen molar-refractivity contribution in [1.82, 2.24) is 4.90 Å². The topological polar surface area (TPSA) is 39.2 Å². The lowest BCUT2D eigenvalue weighted by Gasteiger charge is -2.54. The van der Waals surface area contributed by atoms with Crippen molar-refractivity contribution < 1.29 is 18.7 Å². The zero-order valence-electron chi connectivity index (χ0n) is 16.3. The van der Waals surface area contributed by atoms with E-state index in [9.17, 15) is 14.0 Å². The van der Waals surface area contributed by atoms with Gasteiger partial charge in [0.05, 0.1) is 17.9 Å². The molecule has 3 aliphatic heterocycles. The summed E-state index contributed by atoms with van der Waals surface area (Å²) >= 11 is 0. The second kappa shape index (κ2) is 6.48. The van der Waals surface area contributed by atoms with Gasteiger partial charge in [-0.3, -0.25) is 15.2 Å². The minimum absolute atomic E-state index is 0.108. The molecule has 5 nitrogen and oxygen atoms in total. The minimum atomic E-state index is -2.25. The lowest BCUT2D eigenvalue weighted by atomic mass is 9.72. The van der Waals surface area contributed by atoms with E-state index in [4.69, 9.17) is 4.74 Å². The first kappa shape index (κ1) is 18.7. The fourth-order valence-electron chi connectivity index (χ4n) is 4.90. The number of ether oxygens (including phenoxy) is 1. The molecule has 150 valence electrons. The van der Waals surface area contributed by atoms with Gasteiger partial charge in [-0.1, -0.05) is 0 Å². The van der Waals surface area contributed by atoms with Crippen molar-refractivity contribution in [1.29, 1.82) is 0 Å². The van der Waals surface area contributed by atoms with Gasteiger partial charge in [-0.2, -0.15) is 0 Å². The Bertz CT molecular complexity index is 707. The third-order valence-corrected chi connectivity index (χ3v) is 6.19. The zero-order valence-corrected chi connectivity index (χ0v) is 16.3. The van der Waals surface area contributed by atoms with Gasteiger partial charge in [0.25, 0.3) is 6.43 Å². The number of nitrogens with zero attached hydrogens (tertiary/aromatic N) is 3. The van der Waals surface area contributed by atoms with E-state index in [0.29, 0.717) is 0 Å². The van der Waals surface area contributed by atoms with Gasteiger partial charge in [-0.25, -0.2) is 8.78 Å². The predicted molar refractivity (Wildman–Crippen MR) is 101 cm³/mol. The molecular formula is C20H29F2N3O2. The molecule has 3 aliphatic rings. The van der Waals surface area contributed by atoms with Crippen LogP contribution in [-0.4, -0.2) is 61.9 Å². The Kier molecular flexibility index (Phi) is 4.50. The van der Waals surface area contributed by atoms with Crippen molar-refractivity contribution in [3.8, 4) is 5.75 Å². The molecule has 0 aliphatic carbocycles. The summed E-state index contributed by atoms with van der Waals surface area (Å²) in [6.45, 7) is 7.32. The molecule has 0 unspecified atom stereocenters. The van der Waals surface area contributed by atoms with Crippen LogP contribution in [0, 0.1) is 5.41 Å². The first-order valence-electron chi connectivity index (χ1n) is 9.70. The van der Waals surface area contributed by atoms with Crippen LogP contribution < -0.4 is 14.7 Å². The van der Waals surface area contributed by atoms with E-state index in [1.807, 2.05) is 17.0 Å². The number of hydroxylamine groups is 1. The molecule has 0 atom stereocenters. The molecule has 0 saturated carbocycles. The Balaban J connectivity index is 1.47. The maximum atomic E-state index is 12.5. The summed E-state index contributed by atoms with van der Waals surface area (Å²) in [6.07, 6.45) is 0.558. The molecule has 0 amide bonds. The molecule has 4 rings (SSSR count). The van der Waals surface area contributed by atoms with Crippen LogP contribution in [0.25, 0.3) is 0 Å². The van der Waals surface area contributed by atoms with Crippen LogP contribution in [0.4, 0.5) is 20.2 Å². The van der Waals surface area contributed by atoms with Crippen molar-refractivity contribution in [2.24, 2.45) is 5.41 Å². The van der Waals surface area contributed by atoms with Gasteiger partial charge >= 0.3 is 0 Å². The van der Waals surface area contributed by atoms with Crippen LogP contribution in [-0.2, 0) is 6.42 Å². The van der Waals surface area contributed by atoms with E-state index in [2.05, 4.69) is 18.7 Å². The van der Waals surface area contributed by atoms with Crippen molar-refractivity contribution in [3.05, 3.63) is 17.7 Å². The fraction of sp³-hybridized carbons (Fsp3) is 0.700. The van der Waals surface area contributed by atoms with E-state index in [-0.39, 0.29) is 17.6 Å². The van der Waals surface area contributed by atoms with E-state index >= 15 is 0 Å². The lowest BCUT2D eigenvalue weighted by Crippen LogP contribution is -2.61. The van der Waals surface area contributed by atoms with Crippen LogP contribution in [0.15, 0.2) is 12.1 Å². The van der Waals surface area contributed by atoms with E-state index in [1.165, 1.54) is 5.06 Å². The van der Waals surface area contributed by atoms with Crippen LogP contribution in [0.5, 0.6) is 5.75 Å². The highest BCUT2D eigenvalue weighted by Gasteiger charge is 2.45. The van der Waals surface area contributed by atoms with E-state index < -0.39 is 6.43 Å². The van der Waals surface area contributed by atoms with Crippen molar-refractivity contribution in [3.63, 3.8) is 0 Å². The van der Waals surface area contributed by atoms with Gasteiger partial charge < -0.3 is 9.64 Å². The maximum Gasteiger partial charge on any atom is 0.251 e. The predicted octanol–water partition coefficient (Wildman–Crippen LogP) is 3.39. The Morgan fingerprint density at radius 2 is 1.89 bits per heavy atom. The molecule has 1 spiro atoms. The molecule has 7 heteroatoms. The number of likely N-dealkylation sites (tertiary alicyclic amines) is 1. The summed E-state index contributed by atoms with van der Waals surface area (Å²) in [6, 6.07) is 4.07. The molecule has 2 fully saturated rings. The quantitative estimate of drug-likeness (QED) is 0.810. The van der Waals surface area contributed by atoms with Gasteiger partial charge in [0.2, 0.25) is 0 Å². The summed E-state index contributed by atoms with van der Waals surface area (Å²) in [7, 11) is 1.64. The highest BCUT2D eigenvalue weighted by Crippen LogP contribution is 2.46. The van der Waals surface area contributed by atoms with E-state index in [0.717, 1.165) is 68.1 Å². The van der Waals surface area contributed by atoms with Gasteiger partial charge in [0, 0.05) is 51.3 Å². The number of hydrogen-bond acceptors (Lipinski definition) is 5. The maximum absolute atomic E-state index is 12.5. The summed E-state index contributed by atoms with van der Waals surface area (Å²) < 4.78 is 31.2. The number of alkyl halides is 2. The van der Waals surface area contributed by atoms with Crippen LogP contribution in [0.3, 0.4) is 0 Å². The number of benzene rings is 1. The average molecular weight is 381 g/mol. The SMILES string of the molecule is CN(O)c1cc2c(cc1N1CCC3(CC1)CN(CC(F)F)C3)OC(C)(C)C2. The first-order valence-corrected chi connectivity index (χ1v) is 9.70. The Hall–Kier alpha value is -1.60. The standard InChI is InChI=1S/C20H29F2N3O2/c1-19(2)10-14-8-15(23(3)26)16(9-17(14)27-19)25-6-4-20(5-7-25)12-24(13-20)11-18(21)22/h8-9,18,26H,4-7,10-13H2,1-3H3. The van der Waals surface area contributed by atoms with Gasteiger partial charge in [-0.15, -0.1) is 0 Å². The molecule has 0 radical (unpaired) electrons. The molecule has 0 aromatic heterocycles. The summed E-state index contributed by atoms with van der Waals surface area (Å²) in [5.74, 6) is 0.896. The molecule has 3 heterocycles. The monoisotopic (exact) mass is 381 g/mol. The molecule has 1 aromatic carbocycles. The first-order chi connectivity index (χ1) is 12.7. The summed E-state index contributed by atoms with van der Waals surface area (Å²) in [4.78, 5) is 4.15. The number of fused-ring (bicyclic) bond motifs is 1. The summed E-state index contributed by atoms with van der Waals surface area (Å²) in [5, 5.41) is 11.3. The third-order valence-electron chi connectivity index (χ3n) is 6.19. The van der Waals surface area contributed by atoms with E-state index in [1.54, 1.807) is 7.05 Å². The van der Waals surface area contributed by atoms with Crippen LogP contribution in [0.2, 0.25) is 0 Å². The molecule has 0 bridgehead atoms. The van der Waals surface area contributed by atoms with Crippen LogP contribution >= 0.6 is 0 Å².